The minimum atomic E-state index is -0.546. The number of amides is 1. The molecule has 7 heteroatoms. The number of nitrogens with zero attached hydrogens (tertiary/aromatic N) is 2. The minimum absolute atomic E-state index is 0.0538. The van der Waals surface area contributed by atoms with Crippen molar-refractivity contribution in [3.8, 4) is 6.07 Å². The summed E-state index contributed by atoms with van der Waals surface area (Å²) in [7, 11) is 0. The van der Waals surface area contributed by atoms with Gasteiger partial charge < -0.3 is 25.7 Å². The monoisotopic (exact) mass is 366 g/mol. The topological polar surface area (TPSA) is 109 Å². The maximum absolute atomic E-state index is 12.3. The largest absolute Gasteiger partial charge is 0.395 e. The predicted molar refractivity (Wildman–Crippen MR) is 104 cm³/mol. The SMILES string of the molecule is N#C/C(=C/Nc1ccc(Nc2ccccc2)cc1)C(=O)N(CCO)CCO. The zero-order chi connectivity index (χ0) is 19.5. The van der Waals surface area contributed by atoms with Crippen molar-refractivity contribution in [2.75, 3.05) is 36.9 Å². The van der Waals surface area contributed by atoms with Crippen LogP contribution in [0.4, 0.5) is 17.1 Å². The van der Waals surface area contributed by atoms with Gasteiger partial charge in [-0.15, -0.1) is 0 Å². The molecule has 0 saturated carbocycles. The first-order valence-electron chi connectivity index (χ1n) is 8.48. The van der Waals surface area contributed by atoms with E-state index >= 15 is 0 Å². The number of rotatable bonds is 9. The van der Waals surface area contributed by atoms with Gasteiger partial charge in [0.25, 0.3) is 5.91 Å². The summed E-state index contributed by atoms with van der Waals surface area (Å²) in [5.74, 6) is -0.546. The molecule has 0 aliphatic heterocycles. The van der Waals surface area contributed by atoms with Crippen molar-refractivity contribution >= 4 is 23.0 Å². The van der Waals surface area contributed by atoms with Crippen molar-refractivity contribution in [2.45, 2.75) is 0 Å². The van der Waals surface area contributed by atoms with Crippen LogP contribution in [0.5, 0.6) is 0 Å². The van der Waals surface area contributed by atoms with E-state index < -0.39 is 5.91 Å². The molecule has 2 aromatic rings. The lowest BCUT2D eigenvalue weighted by Gasteiger charge is -2.20. The lowest BCUT2D eigenvalue weighted by atomic mass is 10.2. The summed E-state index contributed by atoms with van der Waals surface area (Å²) in [6.45, 7) is -0.377. The summed E-state index contributed by atoms with van der Waals surface area (Å²) in [4.78, 5) is 13.5. The first-order valence-corrected chi connectivity index (χ1v) is 8.48. The molecule has 0 saturated heterocycles. The molecule has 1 amide bonds. The molecule has 0 heterocycles. The van der Waals surface area contributed by atoms with Crippen LogP contribution in [0.3, 0.4) is 0 Å². The summed E-state index contributed by atoms with van der Waals surface area (Å²) in [6, 6.07) is 19.0. The van der Waals surface area contributed by atoms with Crippen LogP contribution in [0.1, 0.15) is 0 Å². The van der Waals surface area contributed by atoms with Crippen molar-refractivity contribution < 1.29 is 15.0 Å². The number of hydrogen-bond donors (Lipinski definition) is 4. The fourth-order valence-electron chi connectivity index (χ4n) is 2.36. The highest BCUT2D eigenvalue weighted by molar-refractivity contribution is 5.97. The van der Waals surface area contributed by atoms with E-state index in [1.54, 1.807) is 0 Å². The van der Waals surface area contributed by atoms with Crippen molar-refractivity contribution in [3.05, 3.63) is 66.4 Å². The number of anilines is 3. The molecule has 0 aliphatic rings. The Morgan fingerprint density at radius 1 is 0.963 bits per heavy atom. The van der Waals surface area contributed by atoms with Gasteiger partial charge in [-0.25, -0.2) is 0 Å². The molecule has 0 aromatic heterocycles. The molecule has 0 radical (unpaired) electrons. The second kappa shape index (κ2) is 10.6. The molecule has 0 atom stereocenters. The molecule has 4 N–H and O–H groups in total. The molecule has 140 valence electrons. The van der Waals surface area contributed by atoms with Gasteiger partial charge in [-0.2, -0.15) is 5.26 Å². The van der Waals surface area contributed by atoms with E-state index in [0.717, 1.165) is 11.4 Å². The zero-order valence-corrected chi connectivity index (χ0v) is 14.8. The van der Waals surface area contributed by atoms with E-state index in [1.165, 1.54) is 11.1 Å². The third kappa shape index (κ3) is 6.15. The summed E-state index contributed by atoms with van der Waals surface area (Å²) in [5, 5.41) is 33.4. The van der Waals surface area contributed by atoms with Gasteiger partial charge in [0, 0.05) is 36.4 Å². The Kier molecular flexibility index (Phi) is 7.85. The lowest BCUT2D eigenvalue weighted by molar-refractivity contribution is -0.127. The molecule has 2 rings (SSSR count). The molecular weight excluding hydrogens is 344 g/mol. The number of para-hydroxylation sites is 1. The van der Waals surface area contributed by atoms with Crippen LogP contribution in [0.2, 0.25) is 0 Å². The van der Waals surface area contributed by atoms with E-state index in [-0.39, 0.29) is 31.9 Å². The van der Waals surface area contributed by atoms with E-state index in [2.05, 4.69) is 10.6 Å². The standard InChI is InChI=1S/C20H22N4O3/c21-14-16(20(27)24(10-12-25)11-13-26)15-22-17-6-8-19(9-7-17)23-18-4-2-1-3-5-18/h1-9,15,22-23,25-26H,10-13H2/b16-15-. The quantitative estimate of drug-likeness (QED) is 0.400. The molecule has 7 nitrogen and oxygen atoms in total. The number of hydrogen-bond acceptors (Lipinski definition) is 6. The first kappa shape index (κ1) is 20.0. The highest BCUT2D eigenvalue weighted by Gasteiger charge is 2.17. The molecule has 0 unspecified atom stereocenters. The average Bonchev–Trinajstić information content (AvgIpc) is 2.70. The predicted octanol–water partition coefficient (Wildman–Crippen LogP) is 2.06. The third-order valence-electron chi connectivity index (χ3n) is 3.71. The lowest BCUT2D eigenvalue weighted by Crippen LogP contribution is -2.36. The fraction of sp³-hybridized carbons (Fsp3) is 0.200. The van der Waals surface area contributed by atoms with Gasteiger partial charge in [-0.1, -0.05) is 18.2 Å². The smallest absolute Gasteiger partial charge is 0.266 e. The van der Waals surface area contributed by atoms with Crippen molar-refractivity contribution in [2.24, 2.45) is 0 Å². The molecule has 0 spiro atoms. The van der Waals surface area contributed by atoms with Crippen LogP contribution in [-0.4, -0.2) is 47.3 Å². The first-order chi connectivity index (χ1) is 13.2. The number of aliphatic hydroxyl groups excluding tert-OH is 2. The Labute approximate surface area is 158 Å². The van der Waals surface area contributed by atoms with Crippen LogP contribution in [0.25, 0.3) is 0 Å². The van der Waals surface area contributed by atoms with E-state index in [0.29, 0.717) is 5.69 Å². The number of nitrogens with one attached hydrogen (secondary N) is 2. The van der Waals surface area contributed by atoms with Crippen molar-refractivity contribution in [1.29, 1.82) is 5.26 Å². The molecule has 27 heavy (non-hydrogen) atoms. The van der Waals surface area contributed by atoms with Gasteiger partial charge >= 0.3 is 0 Å². The summed E-state index contributed by atoms with van der Waals surface area (Å²) < 4.78 is 0. The average molecular weight is 366 g/mol. The molecule has 0 bridgehead atoms. The Hall–Kier alpha value is -3.34. The molecule has 0 fully saturated rings. The summed E-state index contributed by atoms with van der Waals surface area (Å²) in [6.07, 6.45) is 1.32. The second-order valence-corrected chi connectivity index (χ2v) is 5.62. The van der Waals surface area contributed by atoms with E-state index in [1.807, 2.05) is 60.7 Å². The third-order valence-corrected chi connectivity index (χ3v) is 3.71. The van der Waals surface area contributed by atoms with Crippen LogP contribution in [-0.2, 0) is 4.79 Å². The number of carbonyl (C=O) groups is 1. The summed E-state index contributed by atoms with van der Waals surface area (Å²) >= 11 is 0. The molecule has 2 aromatic carbocycles. The Morgan fingerprint density at radius 2 is 1.52 bits per heavy atom. The summed E-state index contributed by atoms with van der Waals surface area (Å²) in [5.41, 5.74) is 2.49. The highest BCUT2D eigenvalue weighted by atomic mass is 16.3. The number of carbonyl (C=O) groups excluding carboxylic acids is 1. The van der Waals surface area contributed by atoms with Gasteiger partial charge in [0.2, 0.25) is 0 Å². The second-order valence-electron chi connectivity index (χ2n) is 5.62. The van der Waals surface area contributed by atoms with Gasteiger partial charge in [0.15, 0.2) is 0 Å². The van der Waals surface area contributed by atoms with Gasteiger partial charge in [0.05, 0.1) is 13.2 Å². The number of aliphatic hydroxyl groups is 2. The van der Waals surface area contributed by atoms with Crippen LogP contribution < -0.4 is 10.6 Å². The Balaban J connectivity index is 2.02. The zero-order valence-electron chi connectivity index (χ0n) is 14.8. The van der Waals surface area contributed by atoms with Gasteiger partial charge in [-0.3, -0.25) is 4.79 Å². The molecular formula is C20H22N4O3. The van der Waals surface area contributed by atoms with E-state index in [4.69, 9.17) is 10.2 Å². The fourth-order valence-corrected chi connectivity index (χ4v) is 2.36. The normalized spacial score (nSPS) is 10.8. The number of nitriles is 1. The van der Waals surface area contributed by atoms with Crippen LogP contribution >= 0.6 is 0 Å². The number of benzene rings is 2. The Bertz CT molecular complexity index is 792. The van der Waals surface area contributed by atoms with Crippen LogP contribution in [0, 0.1) is 11.3 Å². The Morgan fingerprint density at radius 3 is 2.07 bits per heavy atom. The van der Waals surface area contributed by atoms with Gasteiger partial charge in [0.1, 0.15) is 11.6 Å². The van der Waals surface area contributed by atoms with Gasteiger partial charge in [-0.05, 0) is 36.4 Å². The highest BCUT2D eigenvalue weighted by Crippen LogP contribution is 2.18. The van der Waals surface area contributed by atoms with Crippen molar-refractivity contribution in [3.63, 3.8) is 0 Å². The van der Waals surface area contributed by atoms with E-state index in [9.17, 15) is 10.1 Å². The minimum Gasteiger partial charge on any atom is -0.395 e. The maximum atomic E-state index is 12.3. The molecule has 0 aliphatic carbocycles. The van der Waals surface area contributed by atoms with Crippen molar-refractivity contribution in [1.82, 2.24) is 4.90 Å². The van der Waals surface area contributed by atoms with Crippen LogP contribution in [0.15, 0.2) is 66.4 Å². The maximum Gasteiger partial charge on any atom is 0.266 e.